The minimum Gasteiger partial charge on any atom is -0.350 e. The quantitative estimate of drug-likeness (QED) is 0.764. The van der Waals surface area contributed by atoms with Crippen molar-refractivity contribution in [1.82, 2.24) is 9.62 Å². The molecule has 0 bridgehead atoms. The first-order chi connectivity index (χ1) is 7.21. The summed E-state index contributed by atoms with van der Waals surface area (Å²) in [5.41, 5.74) is 0. The third kappa shape index (κ3) is 3.18. The first kappa shape index (κ1) is 13.4. The first-order valence-corrected chi connectivity index (χ1v) is 7.32. The maximum atomic E-state index is 11.7. The van der Waals surface area contributed by atoms with E-state index >= 15 is 0 Å². The SMILES string of the molecule is CC(C)[C@@H](C)C(=O)NC1CN(S(C)(=O)=O)C1. The maximum absolute atomic E-state index is 11.7. The molecule has 0 radical (unpaired) electrons. The van der Waals surface area contributed by atoms with E-state index in [9.17, 15) is 13.2 Å². The van der Waals surface area contributed by atoms with Gasteiger partial charge in [0.05, 0.1) is 12.3 Å². The molecule has 1 N–H and O–H groups in total. The fourth-order valence-electron chi connectivity index (χ4n) is 1.44. The molecule has 0 unspecified atom stereocenters. The van der Waals surface area contributed by atoms with Crippen LogP contribution >= 0.6 is 0 Å². The number of sulfonamides is 1. The van der Waals surface area contributed by atoms with E-state index in [1.165, 1.54) is 10.6 Å². The summed E-state index contributed by atoms with van der Waals surface area (Å²) in [4.78, 5) is 11.7. The Morgan fingerprint density at radius 1 is 1.31 bits per heavy atom. The molecule has 0 aromatic carbocycles. The predicted octanol–water partition coefficient (Wildman–Crippen LogP) is 0.0385. The highest BCUT2D eigenvalue weighted by Gasteiger charge is 2.34. The number of nitrogens with one attached hydrogen (secondary N) is 1. The molecule has 1 aliphatic heterocycles. The molecular formula is C10H20N2O3S. The highest BCUT2D eigenvalue weighted by atomic mass is 32.2. The van der Waals surface area contributed by atoms with Gasteiger partial charge in [-0.1, -0.05) is 20.8 Å². The molecular weight excluding hydrogens is 228 g/mol. The minimum atomic E-state index is -3.09. The Morgan fingerprint density at radius 3 is 2.19 bits per heavy atom. The maximum Gasteiger partial charge on any atom is 0.223 e. The van der Waals surface area contributed by atoms with Crippen molar-refractivity contribution in [2.75, 3.05) is 19.3 Å². The zero-order valence-electron chi connectivity index (χ0n) is 10.2. The Kier molecular flexibility index (Phi) is 3.96. The summed E-state index contributed by atoms with van der Waals surface area (Å²) >= 11 is 0. The van der Waals surface area contributed by atoms with Crippen molar-refractivity contribution in [3.8, 4) is 0 Å². The molecule has 0 spiro atoms. The van der Waals surface area contributed by atoms with Gasteiger partial charge in [-0.25, -0.2) is 8.42 Å². The van der Waals surface area contributed by atoms with Crippen LogP contribution in [0.4, 0.5) is 0 Å². The van der Waals surface area contributed by atoms with E-state index in [1.807, 2.05) is 20.8 Å². The number of hydrogen-bond acceptors (Lipinski definition) is 3. The van der Waals surface area contributed by atoms with E-state index in [1.54, 1.807) is 0 Å². The lowest BCUT2D eigenvalue weighted by atomic mass is 9.96. The van der Waals surface area contributed by atoms with E-state index in [-0.39, 0.29) is 17.9 Å². The number of rotatable bonds is 4. The van der Waals surface area contributed by atoms with Crippen LogP contribution in [0, 0.1) is 11.8 Å². The van der Waals surface area contributed by atoms with Gasteiger partial charge in [0, 0.05) is 19.0 Å². The molecule has 0 aliphatic carbocycles. The Hall–Kier alpha value is -0.620. The summed E-state index contributed by atoms with van der Waals surface area (Å²) in [5, 5.41) is 2.85. The second-order valence-corrected chi connectivity index (χ2v) is 6.80. The van der Waals surface area contributed by atoms with Crippen LogP contribution in [0.25, 0.3) is 0 Å². The van der Waals surface area contributed by atoms with Crippen LogP contribution in [0.15, 0.2) is 0 Å². The standard InChI is InChI=1S/C10H20N2O3S/c1-7(2)8(3)10(13)11-9-5-12(6-9)16(4,14)15/h7-9H,5-6H2,1-4H3,(H,11,13)/t8-/m1/s1. The summed E-state index contributed by atoms with van der Waals surface area (Å²) in [7, 11) is -3.09. The summed E-state index contributed by atoms with van der Waals surface area (Å²) in [6.45, 7) is 6.67. The molecule has 16 heavy (non-hydrogen) atoms. The number of nitrogens with zero attached hydrogens (tertiary/aromatic N) is 1. The minimum absolute atomic E-state index is 0.00755. The van der Waals surface area contributed by atoms with Gasteiger partial charge in [0.1, 0.15) is 0 Å². The van der Waals surface area contributed by atoms with Gasteiger partial charge in [-0.3, -0.25) is 4.79 Å². The van der Waals surface area contributed by atoms with Gasteiger partial charge >= 0.3 is 0 Å². The van der Waals surface area contributed by atoms with Crippen LogP contribution < -0.4 is 5.32 Å². The lowest BCUT2D eigenvalue weighted by molar-refractivity contribution is -0.127. The number of carbonyl (C=O) groups is 1. The van der Waals surface area contributed by atoms with Crippen LogP contribution in [0.2, 0.25) is 0 Å². The molecule has 0 aromatic heterocycles. The topological polar surface area (TPSA) is 66.5 Å². The van der Waals surface area contributed by atoms with Crippen LogP contribution in [0.5, 0.6) is 0 Å². The summed E-state index contributed by atoms with van der Waals surface area (Å²) in [6, 6.07) is -0.0246. The van der Waals surface area contributed by atoms with Crippen molar-refractivity contribution in [1.29, 1.82) is 0 Å². The lowest BCUT2D eigenvalue weighted by Gasteiger charge is -2.38. The van der Waals surface area contributed by atoms with Gasteiger partial charge in [-0.2, -0.15) is 4.31 Å². The van der Waals surface area contributed by atoms with Crippen molar-refractivity contribution in [3.63, 3.8) is 0 Å². The molecule has 6 heteroatoms. The molecule has 1 amide bonds. The highest BCUT2D eigenvalue weighted by molar-refractivity contribution is 7.88. The van der Waals surface area contributed by atoms with Gasteiger partial charge in [-0.05, 0) is 5.92 Å². The van der Waals surface area contributed by atoms with Crippen molar-refractivity contribution in [3.05, 3.63) is 0 Å². The molecule has 1 fully saturated rings. The van der Waals surface area contributed by atoms with Crippen molar-refractivity contribution < 1.29 is 13.2 Å². The average Bonchev–Trinajstić information content (AvgIpc) is 2.06. The van der Waals surface area contributed by atoms with Gasteiger partial charge in [-0.15, -0.1) is 0 Å². The van der Waals surface area contributed by atoms with E-state index in [0.29, 0.717) is 19.0 Å². The van der Waals surface area contributed by atoms with Gasteiger partial charge in [0.2, 0.25) is 15.9 Å². The van der Waals surface area contributed by atoms with Gasteiger partial charge < -0.3 is 5.32 Å². The molecule has 1 rings (SSSR count). The largest absolute Gasteiger partial charge is 0.350 e. The highest BCUT2D eigenvalue weighted by Crippen LogP contribution is 2.14. The smallest absolute Gasteiger partial charge is 0.223 e. The van der Waals surface area contributed by atoms with Crippen LogP contribution in [-0.4, -0.2) is 44.0 Å². The number of carbonyl (C=O) groups excluding carboxylic acids is 1. The van der Waals surface area contributed by atoms with Gasteiger partial charge in [0.25, 0.3) is 0 Å². The fraction of sp³-hybridized carbons (Fsp3) is 0.900. The monoisotopic (exact) mass is 248 g/mol. The molecule has 0 saturated carbocycles. The van der Waals surface area contributed by atoms with E-state index in [2.05, 4.69) is 5.32 Å². The third-order valence-corrected chi connectivity index (χ3v) is 4.31. The van der Waals surface area contributed by atoms with E-state index in [0.717, 1.165) is 0 Å². The van der Waals surface area contributed by atoms with Crippen molar-refractivity contribution in [2.45, 2.75) is 26.8 Å². The normalized spacial score (nSPS) is 20.6. The summed E-state index contributed by atoms with van der Waals surface area (Å²) in [5.74, 6) is 0.270. The molecule has 1 saturated heterocycles. The lowest BCUT2D eigenvalue weighted by Crippen LogP contribution is -2.61. The molecule has 94 valence electrons. The van der Waals surface area contributed by atoms with E-state index in [4.69, 9.17) is 0 Å². The first-order valence-electron chi connectivity index (χ1n) is 5.47. The summed E-state index contributed by atoms with van der Waals surface area (Å²) in [6.07, 6.45) is 1.18. The Balaban J connectivity index is 2.36. The fourth-order valence-corrected chi connectivity index (χ4v) is 2.34. The third-order valence-electron chi connectivity index (χ3n) is 3.08. The Labute approximate surface area is 97.2 Å². The van der Waals surface area contributed by atoms with Gasteiger partial charge in [0.15, 0.2) is 0 Å². The Morgan fingerprint density at radius 2 is 1.81 bits per heavy atom. The molecule has 1 atom stereocenters. The van der Waals surface area contributed by atoms with E-state index < -0.39 is 10.0 Å². The molecule has 1 aliphatic rings. The number of amides is 1. The average molecular weight is 248 g/mol. The zero-order chi connectivity index (χ0) is 12.5. The van der Waals surface area contributed by atoms with Crippen LogP contribution in [0.3, 0.4) is 0 Å². The second kappa shape index (κ2) is 4.71. The Bertz CT molecular complexity index is 358. The molecule has 5 nitrogen and oxygen atoms in total. The second-order valence-electron chi connectivity index (χ2n) is 4.82. The molecule has 1 heterocycles. The summed E-state index contributed by atoms with van der Waals surface area (Å²) < 4.78 is 23.6. The van der Waals surface area contributed by atoms with Crippen molar-refractivity contribution in [2.24, 2.45) is 11.8 Å². The van der Waals surface area contributed by atoms with Crippen LogP contribution in [-0.2, 0) is 14.8 Å². The zero-order valence-corrected chi connectivity index (χ0v) is 11.0. The predicted molar refractivity (Wildman–Crippen MR) is 62.3 cm³/mol. The number of hydrogen-bond donors (Lipinski definition) is 1. The van der Waals surface area contributed by atoms with Crippen LogP contribution in [0.1, 0.15) is 20.8 Å². The van der Waals surface area contributed by atoms with Crippen molar-refractivity contribution >= 4 is 15.9 Å². The molecule has 0 aromatic rings.